The van der Waals surface area contributed by atoms with E-state index in [9.17, 15) is 0 Å². The van der Waals surface area contributed by atoms with Gasteiger partial charge in [-0.05, 0) is 38.5 Å². The van der Waals surface area contributed by atoms with Crippen molar-refractivity contribution >= 4 is 5.69 Å². The summed E-state index contributed by atoms with van der Waals surface area (Å²) >= 11 is 0. The van der Waals surface area contributed by atoms with Crippen LogP contribution in [0.5, 0.6) is 0 Å². The molecule has 1 aromatic rings. The summed E-state index contributed by atoms with van der Waals surface area (Å²) in [5.74, 6) is 0. The second kappa shape index (κ2) is 6.14. The summed E-state index contributed by atoms with van der Waals surface area (Å²) in [6.07, 6.45) is 0. The number of hydrogen-bond donors (Lipinski definition) is 1. The maximum atomic E-state index is 9.01. The van der Waals surface area contributed by atoms with Gasteiger partial charge in [-0.3, -0.25) is 0 Å². The number of nitrogens with one attached hydrogen (secondary N) is 1. The van der Waals surface area contributed by atoms with Crippen molar-refractivity contribution in [2.24, 2.45) is 0 Å². The molecule has 1 atom stereocenters. The predicted octanol–water partition coefficient (Wildman–Crippen LogP) is 2.70. The summed E-state index contributed by atoms with van der Waals surface area (Å²) in [5.41, 5.74) is 2.66. The van der Waals surface area contributed by atoms with Crippen LogP contribution in [0.25, 0.3) is 0 Å². The molecule has 0 saturated carbocycles. The lowest BCUT2D eigenvalue weighted by atomic mass is 10.1. The highest BCUT2D eigenvalue weighted by Crippen LogP contribution is 2.17. The topological polar surface area (TPSA) is 45.0 Å². The van der Waals surface area contributed by atoms with Crippen molar-refractivity contribution in [1.29, 1.82) is 5.26 Å². The highest BCUT2D eigenvalue weighted by molar-refractivity contribution is 5.58. The van der Waals surface area contributed by atoms with Gasteiger partial charge >= 0.3 is 0 Å². The Labute approximate surface area is 97.0 Å². The molecular formula is C13H18N2O. The lowest BCUT2D eigenvalue weighted by molar-refractivity contribution is 0.141. The van der Waals surface area contributed by atoms with Crippen LogP contribution in [0.4, 0.5) is 5.69 Å². The minimum atomic E-state index is 0.203. The second-order valence-electron chi connectivity index (χ2n) is 3.87. The Morgan fingerprint density at radius 3 is 2.88 bits per heavy atom. The zero-order valence-corrected chi connectivity index (χ0v) is 10.1. The van der Waals surface area contributed by atoms with Crippen LogP contribution >= 0.6 is 0 Å². The highest BCUT2D eigenvalue weighted by Gasteiger charge is 2.06. The molecule has 0 aliphatic rings. The zero-order chi connectivity index (χ0) is 12.0. The van der Waals surface area contributed by atoms with Gasteiger partial charge in [-0.1, -0.05) is 6.07 Å². The van der Waals surface area contributed by atoms with Gasteiger partial charge < -0.3 is 10.1 Å². The Balaban J connectivity index is 2.70. The molecule has 0 saturated heterocycles. The molecule has 1 aromatic carbocycles. The first kappa shape index (κ1) is 12.5. The zero-order valence-electron chi connectivity index (χ0n) is 10.1. The smallest absolute Gasteiger partial charge is 0.101 e. The van der Waals surface area contributed by atoms with Crippen molar-refractivity contribution in [3.63, 3.8) is 0 Å². The Hall–Kier alpha value is -1.53. The first-order chi connectivity index (χ1) is 7.67. The third-order valence-corrected chi connectivity index (χ3v) is 2.27. The summed E-state index contributed by atoms with van der Waals surface area (Å²) in [6, 6.07) is 8.22. The highest BCUT2D eigenvalue weighted by atomic mass is 16.5. The molecule has 0 aromatic heterocycles. The van der Waals surface area contributed by atoms with Crippen molar-refractivity contribution in [3.8, 4) is 6.07 Å². The van der Waals surface area contributed by atoms with Gasteiger partial charge in [-0.25, -0.2) is 0 Å². The van der Waals surface area contributed by atoms with E-state index in [0.29, 0.717) is 18.8 Å². The molecule has 86 valence electrons. The molecule has 0 heterocycles. The minimum Gasteiger partial charge on any atom is -0.380 e. The molecule has 0 spiro atoms. The van der Waals surface area contributed by atoms with Crippen LogP contribution in [-0.4, -0.2) is 19.3 Å². The van der Waals surface area contributed by atoms with Crippen LogP contribution in [0.2, 0.25) is 0 Å². The number of aryl methyl sites for hydroxylation is 1. The number of ether oxygens (including phenoxy) is 1. The molecule has 0 amide bonds. The van der Waals surface area contributed by atoms with Gasteiger partial charge in [-0.15, -0.1) is 0 Å². The fourth-order valence-corrected chi connectivity index (χ4v) is 1.48. The predicted molar refractivity (Wildman–Crippen MR) is 65.5 cm³/mol. The van der Waals surface area contributed by atoms with Crippen molar-refractivity contribution in [2.45, 2.75) is 26.8 Å². The number of nitriles is 1. The third kappa shape index (κ3) is 3.56. The Bertz CT molecular complexity index is 382. The average molecular weight is 218 g/mol. The number of anilines is 1. The van der Waals surface area contributed by atoms with E-state index in [1.165, 1.54) is 0 Å². The molecule has 0 bridgehead atoms. The molecule has 1 rings (SSSR count). The lowest BCUT2D eigenvalue weighted by Crippen LogP contribution is -2.22. The van der Waals surface area contributed by atoms with Gasteiger partial charge in [0.1, 0.15) is 6.07 Å². The molecule has 3 heteroatoms. The Morgan fingerprint density at radius 2 is 2.25 bits per heavy atom. The summed E-state index contributed by atoms with van der Waals surface area (Å²) < 4.78 is 5.32. The number of rotatable bonds is 5. The van der Waals surface area contributed by atoms with Gasteiger partial charge in [0.25, 0.3) is 0 Å². The molecule has 0 aliphatic carbocycles. The van der Waals surface area contributed by atoms with Crippen LogP contribution in [0.3, 0.4) is 0 Å². The molecule has 1 unspecified atom stereocenters. The molecule has 0 aliphatic heterocycles. The van der Waals surface area contributed by atoms with E-state index in [0.717, 1.165) is 11.3 Å². The van der Waals surface area contributed by atoms with E-state index in [-0.39, 0.29) is 6.04 Å². The fraction of sp³-hybridized carbons (Fsp3) is 0.462. The summed E-state index contributed by atoms with van der Waals surface area (Å²) in [7, 11) is 0. The van der Waals surface area contributed by atoms with E-state index in [1.54, 1.807) is 0 Å². The van der Waals surface area contributed by atoms with Crippen LogP contribution < -0.4 is 5.32 Å². The van der Waals surface area contributed by atoms with Gasteiger partial charge in [0.2, 0.25) is 0 Å². The van der Waals surface area contributed by atoms with Crippen molar-refractivity contribution in [2.75, 3.05) is 18.5 Å². The van der Waals surface area contributed by atoms with Gasteiger partial charge in [-0.2, -0.15) is 5.26 Å². The van der Waals surface area contributed by atoms with Gasteiger partial charge in [0, 0.05) is 12.6 Å². The largest absolute Gasteiger partial charge is 0.380 e. The van der Waals surface area contributed by atoms with Crippen LogP contribution in [0.15, 0.2) is 18.2 Å². The molecular weight excluding hydrogens is 200 g/mol. The first-order valence-electron chi connectivity index (χ1n) is 5.52. The molecule has 0 radical (unpaired) electrons. The normalized spacial score (nSPS) is 11.9. The Kier molecular flexibility index (Phi) is 4.81. The molecule has 1 N–H and O–H groups in total. The number of nitrogens with zero attached hydrogens (tertiary/aromatic N) is 1. The van der Waals surface area contributed by atoms with Gasteiger partial charge in [0.05, 0.1) is 17.9 Å². The lowest BCUT2D eigenvalue weighted by Gasteiger charge is -2.16. The third-order valence-electron chi connectivity index (χ3n) is 2.27. The average Bonchev–Trinajstić information content (AvgIpc) is 2.28. The van der Waals surface area contributed by atoms with Crippen molar-refractivity contribution in [3.05, 3.63) is 29.3 Å². The van der Waals surface area contributed by atoms with E-state index < -0.39 is 0 Å². The van der Waals surface area contributed by atoms with E-state index in [4.69, 9.17) is 10.00 Å². The van der Waals surface area contributed by atoms with E-state index in [2.05, 4.69) is 11.4 Å². The summed E-state index contributed by atoms with van der Waals surface area (Å²) in [4.78, 5) is 0. The monoisotopic (exact) mass is 218 g/mol. The second-order valence-corrected chi connectivity index (χ2v) is 3.87. The SMILES string of the molecule is CCOCC(C)Nc1ccc(C)cc1C#N. The van der Waals surface area contributed by atoms with Crippen molar-refractivity contribution < 1.29 is 4.74 Å². The maximum Gasteiger partial charge on any atom is 0.101 e. The molecule has 3 nitrogen and oxygen atoms in total. The summed E-state index contributed by atoms with van der Waals surface area (Å²) in [5, 5.41) is 12.3. The number of hydrogen-bond acceptors (Lipinski definition) is 3. The molecule has 16 heavy (non-hydrogen) atoms. The Morgan fingerprint density at radius 1 is 1.50 bits per heavy atom. The quantitative estimate of drug-likeness (QED) is 0.826. The van der Waals surface area contributed by atoms with E-state index >= 15 is 0 Å². The first-order valence-corrected chi connectivity index (χ1v) is 5.52. The van der Waals surface area contributed by atoms with Gasteiger partial charge in [0.15, 0.2) is 0 Å². The fourth-order valence-electron chi connectivity index (χ4n) is 1.48. The van der Waals surface area contributed by atoms with E-state index in [1.807, 2.05) is 39.0 Å². The minimum absolute atomic E-state index is 0.203. The summed E-state index contributed by atoms with van der Waals surface area (Å²) in [6.45, 7) is 7.35. The number of benzene rings is 1. The standard InChI is InChI=1S/C13H18N2O/c1-4-16-9-11(3)15-13-6-5-10(2)7-12(13)8-14/h5-7,11,15H,4,9H2,1-3H3. The van der Waals surface area contributed by atoms with Crippen molar-refractivity contribution in [1.82, 2.24) is 0 Å². The van der Waals surface area contributed by atoms with Crippen LogP contribution in [0.1, 0.15) is 25.0 Å². The van der Waals surface area contributed by atoms with Crippen LogP contribution in [0, 0.1) is 18.3 Å². The maximum absolute atomic E-state index is 9.01. The van der Waals surface area contributed by atoms with Crippen LogP contribution in [-0.2, 0) is 4.74 Å². The molecule has 0 fully saturated rings.